The lowest BCUT2D eigenvalue weighted by molar-refractivity contribution is -0.274. The lowest BCUT2D eigenvalue weighted by Crippen LogP contribution is -2.23. The molecule has 5 aromatic rings. The molecule has 0 atom stereocenters. The van der Waals surface area contributed by atoms with E-state index in [4.69, 9.17) is 0 Å². The molecule has 0 aliphatic heterocycles. The highest BCUT2D eigenvalue weighted by Gasteiger charge is 2.31. The van der Waals surface area contributed by atoms with Crippen LogP contribution in [0.3, 0.4) is 0 Å². The lowest BCUT2D eigenvalue weighted by atomic mass is 10.2. The maximum absolute atomic E-state index is 13.3. The average Bonchev–Trinajstić information content (AvgIpc) is 3.26. The highest BCUT2D eigenvalue weighted by Crippen LogP contribution is 2.26. The van der Waals surface area contributed by atoms with Gasteiger partial charge in [-0.15, -0.1) is 13.2 Å². The van der Waals surface area contributed by atoms with Crippen LogP contribution >= 0.6 is 0 Å². The van der Waals surface area contributed by atoms with Crippen molar-refractivity contribution < 1.29 is 22.7 Å². The number of halogens is 3. The number of hydrogen-bond donors (Lipinski definition) is 0. The maximum Gasteiger partial charge on any atom is 0.573 e. The number of rotatable bonds is 4. The van der Waals surface area contributed by atoms with Gasteiger partial charge in [0, 0.05) is 0 Å². The molecular weight excluding hydrogens is 607 g/mol. The summed E-state index contributed by atoms with van der Waals surface area (Å²) < 4.78 is 44.3. The molecule has 0 saturated carbocycles. The normalized spacial score (nSPS) is 11.4. The largest absolute Gasteiger partial charge is 0.573 e. The second-order valence-electron chi connectivity index (χ2n) is 10.2. The Labute approximate surface area is 268 Å². The molecule has 0 spiro atoms. The Balaban J connectivity index is 0.000000225. The van der Waals surface area contributed by atoms with E-state index < -0.39 is 6.36 Å². The van der Waals surface area contributed by atoms with Crippen molar-refractivity contribution in [2.45, 2.75) is 26.6 Å². The number of aliphatic imine (C=N–C) groups is 1. The first-order valence-corrected chi connectivity index (χ1v) is 14.4. The number of ether oxygens (including phenoxy) is 1. The van der Waals surface area contributed by atoms with Crippen molar-refractivity contribution in [2.75, 3.05) is 0 Å². The van der Waals surface area contributed by atoms with Gasteiger partial charge in [0.25, 0.3) is 0 Å². The number of aryl methyl sites for hydroxylation is 2. The Morgan fingerprint density at radius 1 is 0.681 bits per heavy atom. The summed E-state index contributed by atoms with van der Waals surface area (Å²) in [4.78, 5) is 37.0. The van der Waals surface area contributed by atoms with Crippen molar-refractivity contribution in [2.24, 2.45) is 4.99 Å². The first-order chi connectivity index (χ1) is 22.6. The molecule has 0 N–H and O–H groups in total. The number of isocyanates is 1. The number of aromatic nitrogens is 2. The van der Waals surface area contributed by atoms with Gasteiger partial charge in [0.2, 0.25) is 6.08 Å². The smallest absolute Gasteiger partial charge is 0.406 e. The number of nitrogens with zero attached hydrogens (tertiary/aromatic N) is 3. The Bertz CT molecular complexity index is 2000. The van der Waals surface area contributed by atoms with E-state index >= 15 is 0 Å². The van der Waals surface area contributed by atoms with Crippen LogP contribution in [0.5, 0.6) is 5.75 Å². The van der Waals surface area contributed by atoms with Crippen LogP contribution in [0.15, 0.2) is 136 Å². The molecule has 1 aromatic heterocycles. The Hall–Kier alpha value is -5.99. The van der Waals surface area contributed by atoms with Gasteiger partial charge in [-0.1, -0.05) is 71.8 Å². The summed E-state index contributed by atoms with van der Waals surface area (Å²) in [6, 6.07) is 30.3. The van der Waals surface area contributed by atoms with Crippen molar-refractivity contribution >= 4 is 23.9 Å². The van der Waals surface area contributed by atoms with E-state index in [0.29, 0.717) is 28.5 Å². The summed E-state index contributed by atoms with van der Waals surface area (Å²) in [5, 5.41) is 0. The predicted molar refractivity (Wildman–Crippen MR) is 177 cm³/mol. The van der Waals surface area contributed by atoms with Gasteiger partial charge in [-0.25, -0.2) is 9.59 Å². The SMILES string of the molecule is Cc1ccc(-n2c3c(n(-c4ccc(OC(F)(F)F)cc4)c2=O)C=CCC=C3)cc1.Cc1ccc(N=C=O)cc1.O=c1cccccc1. The molecule has 0 unspecified atom stereocenters. The van der Waals surface area contributed by atoms with Crippen LogP contribution < -0.4 is 15.9 Å². The van der Waals surface area contributed by atoms with Gasteiger partial charge < -0.3 is 4.74 Å². The molecular formula is C37H30F3N3O4. The number of alkyl halides is 3. The summed E-state index contributed by atoms with van der Waals surface area (Å²) >= 11 is 0. The van der Waals surface area contributed by atoms with Crippen LogP contribution in [0, 0.1) is 13.8 Å². The summed E-state index contributed by atoms with van der Waals surface area (Å²) in [5.74, 6) is -0.339. The van der Waals surface area contributed by atoms with Crippen molar-refractivity contribution in [3.8, 4) is 17.1 Å². The van der Waals surface area contributed by atoms with Crippen LogP contribution in [-0.4, -0.2) is 21.6 Å². The van der Waals surface area contributed by atoms with Crippen molar-refractivity contribution in [3.05, 3.63) is 165 Å². The van der Waals surface area contributed by atoms with Crippen molar-refractivity contribution in [3.63, 3.8) is 0 Å². The predicted octanol–water partition coefficient (Wildman–Crippen LogP) is 8.27. The zero-order chi connectivity index (χ0) is 33.8. The second kappa shape index (κ2) is 15.8. The fourth-order valence-electron chi connectivity index (χ4n) is 4.44. The maximum atomic E-state index is 13.3. The van der Waals surface area contributed by atoms with Gasteiger partial charge in [-0.3, -0.25) is 13.9 Å². The molecule has 0 fully saturated rings. The fourth-order valence-corrected chi connectivity index (χ4v) is 4.44. The summed E-state index contributed by atoms with van der Waals surface area (Å²) in [5.41, 5.74) is 5.17. The van der Waals surface area contributed by atoms with Gasteiger partial charge in [0.1, 0.15) is 5.75 Å². The average molecular weight is 638 g/mol. The van der Waals surface area contributed by atoms with Gasteiger partial charge in [-0.2, -0.15) is 4.99 Å². The second-order valence-corrected chi connectivity index (χ2v) is 10.2. The number of hydrogen-bond acceptors (Lipinski definition) is 5. The van der Waals surface area contributed by atoms with Gasteiger partial charge in [0.05, 0.1) is 28.5 Å². The van der Waals surface area contributed by atoms with E-state index in [0.717, 1.165) is 17.5 Å². The molecule has 238 valence electrons. The third-order valence-electron chi connectivity index (χ3n) is 6.63. The third kappa shape index (κ3) is 9.75. The summed E-state index contributed by atoms with van der Waals surface area (Å²) in [7, 11) is 0. The molecule has 1 aliphatic rings. The number of benzene rings is 3. The van der Waals surface area contributed by atoms with Gasteiger partial charge in [-0.05, 0) is 93.1 Å². The van der Waals surface area contributed by atoms with Crippen LogP contribution in [0.2, 0.25) is 0 Å². The molecule has 0 radical (unpaired) electrons. The summed E-state index contributed by atoms with van der Waals surface area (Å²) in [6.45, 7) is 3.94. The van der Waals surface area contributed by atoms with Crippen LogP contribution in [0.4, 0.5) is 18.9 Å². The molecule has 0 saturated heterocycles. The molecule has 47 heavy (non-hydrogen) atoms. The number of fused-ring (bicyclic) bond motifs is 1. The van der Waals surface area contributed by atoms with E-state index in [1.807, 2.05) is 86.7 Å². The first-order valence-electron chi connectivity index (χ1n) is 14.4. The van der Waals surface area contributed by atoms with Crippen LogP contribution in [0.1, 0.15) is 28.9 Å². The molecule has 1 heterocycles. The van der Waals surface area contributed by atoms with Gasteiger partial charge in [0.15, 0.2) is 5.43 Å². The molecule has 7 nitrogen and oxygen atoms in total. The minimum absolute atomic E-state index is 0.0509. The van der Waals surface area contributed by atoms with E-state index in [2.05, 4.69) is 9.73 Å². The van der Waals surface area contributed by atoms with Crippen molar-refractivity contribution in [1.82, 2.24) is 9.13 Å². The van der Waals surface area contributed by atoms with Gasteiger partial charge >= 0.3 is 12.1 Å². The quantitative estimate of drug-likeness (QED) is 0.147. The first kappa shape index (κ1) is 33.9. The van der Waals surface area contributed by atoms with E-state index in [9.17, 15) is 27.6 Å². The number of carbonyl (C=O) groups excluding carboxylic acids is 1. The van der Waals surface area contributed by atoms with Crippen LogP contribution in [-0.2, 0) is 4.79 Å². The Morgan fingerprint density at radius 3 is 1.62 bits per heavy atom. The van der Waals surface area contributed by atoms with E-state index in [1.54, 1.807) is 28.8 Å². The zero-order valence-corrected chi connectivity index (χ0v) is 25.5. The molecule has 6 rings (SSSR count). The Morgan fingerprint density at radius 2 is 1.15 bits per heavy atom. The Kier molecular flexibility index (Phi) is 11.4. The molecule has 4 aromatic carbocycles. The minimum Gasteiger partial charge on any atom is -0.406 e. The molecule has 1 aliphatic carbocycles. The highest BCUT2D eigenvalue weighted by atomic mass is 19.4. The van der Waals surface area contributed by atoms with E-state index in [1.165, 1.54) is 47.0 Å². The topological polar surface area (TPSA) is 82.7 Å². The number of imidazole rings is 1. The molecule has 0 bridgehead atoms. The monoisotopic (exact) mass is 637 g/mol. The lowest BCUT2D eigenvalue weighted by Gasteiger charge is -2.10. The summed E-state index contributed by atoms with van der Waals surface area (Å²) in [6.07, 6.45) is 5.05. The molecule has 10 heteroatoms. The zero-order valence-electron chi connectivity index (χ0n) is 25.5. The van der Waals surface area contributed by atoms with Crippen LogP contribution in [0.25, 0.3) is 23.5 Å². The molecule has 0 amide bonds. The highest BCUT2D eigenvalue weighted by molar-refractivity contribution is 5.67. The van der Waals surface area contributed by atoms with E-state index in [-0.39, 0.29) is 16.9 Å². The fraction of sp³-hybridized carbons (Fsp3) is 0.108. The third-order valence-corrected chi connectivity index (χ3v) is 6.63. The van der Waals surface area contributed by atoms with Crippen molar-refractivity contribution in [1.29, 1.82) is 0 Å². The minimum atomic E-state index is -4.77. The number of allylic oxidation sites excluding steroid dienone is 2. The standard InChI is InChI=1S/C22H17F3N2O2.C8H7NO.C7H6O/c1-15-7-9-16(10-8-15)26-19-5-3-2-4-6-20(19)27(21(26)28)17-11-13-18(14-12-17)29-22(23,24)25;1-7-2-4-8(5-3-7)9-6-10;8-7-5-3-1-2-4-6-7/h3-14H,2H2,1H3;2-5H,1H3;1-6H.